The van der Waals surface area contributed by atoms with Crippen LogP contribution in [0.15, 0.2) is 18.2 Å². The number of aromatic nitrogens is 2. The molecule has 1 atom stereocenters. The summed E-state index contributed by atoms with van der Waals surface area (Å²) in [5, 5.41) is 5.95. The molecule has 134 valence electrons. The first kappa shape index (κ1) is 16.9. The lowest BCUT2D eigenvalue weighted by molar-refractivity contribution is 0.00361. The van der Waals surface area contributed by atoms with Crippen LogP contribution in [0.25, 0.3) is 10.9 Å². The third-order valence-electron chi connectivity index (χ3n) is 6.13. The highest BCUT2D eigenvalue weighted by atomic mass is 35.5. The molecule has 1 amide bonds. The summed E-state index contributed by atoms with van der Waals surface area (Å²) in [6.45, 7) is 8.40. The van der Waals surface area contributed by atoms with Crippen LogP contribution in [0.3, 0.4) is 0 Å². The Bertz CT molecular complexity index is 822. The lowest BCUT2D eigenvalue weighted by Gasteiger charge is -2.49. The number of hydrogen-bond acceptors (Lipinski definition) is 3. The van der Waals surface area contributed by atoms with Crippen LogP contribution in [0.4, 0.5) is 0 Å². The van der Waals surface area contributed by atoms with Crippen molar-refractivity contribution in [3.05, 3.63) is 29.5 Å². The van der Waals surface area contributed by atoms with Gasteiger partial charge < -0.3 is 9.80 Å². The van der Waals surface area contributed by atoms with Crippen LogP contribution >= 0.6 is 12.4 Å². The molecule has 0 N–H and O–H groups in total. The molecule has 3 saturated heterocycles. The summed E-state index contributed by atoms with van der Waals surface area (Å²) in [6, 6.07) is 6.73. The molecule has 25 heavy (non-hydrogen) atoms. The van der Waals surface area contributed by atoms with Crippen molar-refractivity contribution in [3.8, 4) is 0 Å². The van der Waals surface area contributed by atoms with Gasteiger partial charge in [0.1, 0.15) is 0 Å². The highest BCUT2D eigenvalue weighted by Gasteiger charge is 2.42. The standard InChI is InChI=1S/C19H24N4O.ClH/c1-12(2)23-16-5-3-4-14-18(16)15(20-23)10-22(19(14)24)17-11-21-8-6-13(17)7-9-21;/h3-5,12-13,17H,6-11H2,1-2H3;1H/t17-;/m1./s1. The first-order valence-corrected chi connectivity index (χ1v) is 9.17. The molecule has 1 aromatic carbocycles. The number of carbonyl (C=O) groups excluding carboxylic acids is 1. The molecule has 6 rings (SSSR count). The van der Waals surface area contributed by atoms with Gasteiger partial charge in [0.15, 0.2) is 0 Å². The van der Waals surface area contributed by atoms with Gasteiger partial charge in [-0.3, -0.25) is 9.48 Å². The fourth-order valence-electron chi connectivity index (χ4n) is 4.89. The number of amides is 1. The second-order valence-corrected chi connectivity index (χ2v) is 7.82. The molecule has 2 bridgehead atoms. The lowest BCUT2D eigenvalue weighted by atomic mass is 9.82. The number of fused-ring (bicyclic) bond motifs is 3. The Labute approximate surface area is 154 Å². The van der Waals surface area contributed by atoms with E-state index in [1.54, 1.807) is 0 Å². The van der Waals surface area contributed by atoms with Crippen LogP contribution in [0, 0.1) is 5.92 Å². The van der Waals surface area contributed by atoms with E-state index in [0.717, 1.165) is 28.7 Å². The van der Waals surface area contributed by atoms with Crippen molar-refractivity contribution in [1.29, 1.82) is 0 Å². The van der Waals surface area contributed by atoms with Gasteiger partial charge >= 0.3 is 0 Å². The zero-order valence-electron chi connectivity index (χ0n) is 14.8. The van der Waals surface area contributed by atoms with E-state index in [4.69, 9.17) is 5.10 Å². The molecule has 0 unspecified atom stereocenters. The first-order chi connectivity index (χ1) is 11.6. The molecule has 0 aliphatic carbocycles. The van der Waals surface area contributed by atoms with E-state index >= 15 is 0 Å². The second-order valence-electron chi connectivity index (χ2n) is 7.82. The van der Waals surface area contributed by atoms with Crippen LogP contribution in [0.5, 0.6) is 0 Å². The van der Waals surface area contributed by atoms with E-state index < -0.39 is 0 Å². The van der Waals surface area contributed by atoms with Gasteiger partial charge in [-0.2, -0.15) is 5.10 Å². The average Bonchev–Trinajstić information content (AvgIpc) is 2.99. The van der Waals surface area contributed by atoms with Crippen molar-refractivity contribution >= 4 is 29.2 Å². The fraction of sp³-hybridized carbons (Fsp3) is 0.579. The molecule has 5 nitrogen and oxygen atoms in total. The molecule has 2 aromatic rings. The van der Waals surface area contributed by atoms with Gasteiger partial charge in [0.05, 0.1) is 23.3 Å². The Hall–Kier alpha value is -1.59. The molecular weight excluding hydrogens is 336 g/mol. The fourth-order valence-corrected chi connectivity index (χ4v) is 4.89. The molecule has 4 aliphatic heterocycles. The van der Waals surface area contributed by atoms with Crippen molar-refractivity contribution in [2.75, 3.05) is 19.6 Å². The Morgan fingerprint density at radius 3 is 2.60 bits per heavy atom. The number of halogens is 1. The van der Waals surface area contributed by atoms with E-state index in [0.29, 0.717) is 24.5 Å². The topological polar surface area (TPSA) is 41.4 Å². The summed E-state index contributed by atoms with van der Waals surface area (Å²) < 4.78 is 2.07. The predicted octanol–water partition coefficient (Wildman–Crippen LogP) is 3.09. The minimum Gasteiger partial charge on any atom is -0.328 e. The molecule has 1 aromatic heterocycles. The SMILES string of the molecule is CC(C)n1nc2c3c(cccc31)C(=O)N([C@@H]1CN3CCC1CC3)C2.Cl. The quantitative estimate of drug-likeness (QED) is 0.826. The van der Waals surface area contributed by atoms with E-state index in [-0.39, 0.29) is 18.3 Å². The van der Waals surface area contributed by atoms with Gasteiger partial charge in [-0.1, -0.05) is 6.07 Å². The summed E-state index contributed by atoms with van der Waals surface area (Å²) in [5.74, 6) is 0.863. The van der Waals surface area contributed by atoms with Crippen molar-refractivity contribution in [2.45, 2.75) is 45.3 Å². The Morgan fingerprint density at radius 2 is 1.96 bits per heavy atom. The lowest BCUT2D eigenvalue weighted by Crippen LogP contribution is -2.59. The monoisotopic (exact) mass is 360 g/mol. The van der Waals surface area contributed by atoms with Crippen LogP contribution in [0.1, 0.15) is 48.8 Å². The third kappa shape index (κ3) is 2.40. The van der Waals surface area contributed by atoms with Crippen molar-refractivity contribution in [2.24, 2.45) is 5.92 Å². The molecule has 0 saturated carbocycles. The van der Waals surface area contributed by atoms with Gasteiger partial charge in [0, 0.05) is 24.0 Å². The molecule has 4 aliphatic rings. The van der Waals surface area contributed by atoms with Crippen LogP contribution in [-0.4, -0.2) is 51.2 Å². The zero-order chi connectivity index (χ0) is 16.4. The van der Waals surface area contributed by atoms with E-state index in [1.807, 2.05) is 12.1 Å². The maximum Gasteiger partial charge on any atom is 0.255 e. The molecule has 0 radical (unpaired) electrons. The number of hydrogen-bond donors (Lipinski definition) is 0. The van der Waals surface area contributed by atoms with E-state index in [1.165, 1.54) is 25.9 Å². The Balaban J connectivity index is 0.00000157. The van der Waals surface area contributed by atoms with E-state index in [2.05, 4.69) is 34.4 Å². The molecule has 0 spiro atoms. The van der Waals surface area contributed by atoms with Crippen molar-refractivity contribution in [1.82, 2.24) is 19.6 Å². The van der Waals surface area contributed by atoms with Crippen molar-refractivity contribution < 1.29 is 4.79 Å². The number of carbonyl (C=O) groups is 1. The largest absolute Gasteiger partial charge is 0.328 e. The van der Waals surface area contributed by atoms with Crippen LogP contribution < -0.4 is 0 Å². The Kier molecular flexibility index (Phi) is 4.04. The molecule has 5 heterocycles. The van der Waals surface area contributed by atoms with Gasteiger partial charge in [0.2, 0.25) is 0 Å². The highest BCUT2D eigenvalue weighted by Crippen LogP contribution is 2.37. The van der Waals surface area contributed by atoms with Gasteiger partial charge in [0.25, 0.3) is 5.91 Å². The van der Waals surface area contributed by atoms with Crippen LogP contribution in [0.2, 0.25) is 0 Å². The minimum atomic E-state index is 0. The summed E-state index contributed by atoms with van der Waals surface area (Å²) in [5.41, 5.74) is 3.02. The number of rotatable bonds is 2. The summed E-state index contributed by atoms with van der Waals surface area (Å²) in [7, 11) is 0. The average molecular weight is 361 g/mol. The van der Waals surface area contributed by atoms with Crippen molar-refractivity contribution in [3.63, 3.8) is 0 Å². The minimum absolute atomic E-state index is 0. The Morgan fingerprint density at radius 1 is 1.20 bits per heavy atom. The molecule has 3 fully saturated rings. The maximum absolute atomic E-state index is 13.2. The summed E-state index contributed by atoms with van der Waals surface area (Å²) in [4.78, 5) is 17.9. The van der Waals surface area contributed by atoms with Gasteiger partial charge in [-0.25, -0.2) is 0 Å². The highest BCUT2D eigenvalue weighted by molar-refractivity contribution is 6.09. The predicted molar refractivity (Wildman–Crippen MR) is 100 cm³/mol. The van der Waals surface area contributed by atoms with Crippen LogP contribution in [-0.2, 0) is 6.54 Å². The summed E-state index contributed by atoms with van der Waals surface area (Å²) >= 11 is 0. The number of benzene rings is 1. The summed E-state index contributed by atoms with van der Waals surface area (Å²) in [6.07, 6.45) is 2.46. The first-order valence-electron chi connectivity index (χ1n) is 9.17. The third-order valence-corrected chi connectivity index (χ3v) is 6.13. The zero-order valence-corrected chi connectivity index (χ0v) is 15.6. The van der Waals surface area contributed by atoms with Gasteiger partial charge in [-0.15, -0.1) is 12.4 Å². The van der Waals surface area contributed by atoms with E-state index in [9.17, 15) is 4.79 Å². The second kappa shape index (κ2) is 5.99. The van der Waals surface area contributed by atoms with Gasteiger partial charge in [-0.05, 0) is 57.8 Å². The normalized spacial score (nSPS) is 27.9. The number of nitrogens with zero attached hydrogens (tertiary/aromatic N) is 4. The molecular formula is C19H25ClN4O. The number of piperidine rings is 3. The molecule has 6 heteroatoms. The maximum atomic E-state index is 13.2. The smallest absolute Gasteiger partial charge is 0.255 e.